The lowest BCUT2D eigenvalue weighted by Crippen LogP contribution is -2.33. The number of aromatic nitrogens is 1. The fourth-order valence-corrected chi connectivity index (χ4v) is 2.59. The van der Waals surface area contributed by atoms with E-state index < -0.39 is 12.7 Å². The van der Waals surface area contributed by atoms with E-state index in [1.54, 1.807) is 12.1 Å². The zero-order chi connectivity index (χ0) is 17.6. The molecule has 0 aromatic carbocycles. The van der Waals surface area contributed by atoms with Gasteiger partial charge in [-0.15, -0.1) is 6.42 Å². The molecule has 0 aliphatic carbocycles. The van der Waals surface area contributed by atoms with Crippen LogP contribution in [0, 0.1) is 18.3 Å². The van der Waals surface area contributed by atoms with Gasteiger partial charge >= 0.3 is 6.18 Å². The average molecular weight is 340 g/mol. The van der Waals surface area contributed by atoms with Crippen molar-refractivity contribution in [2.24, 2.45) is 5.92 Å². The third kappa shape index (κ3) is 5.74. The van der Waals surface area contributed by atoms with Crippen molar-refractivity contribution in [2.45, 2.75) is 12.6 Å². The number of rotatable bonds is 6. The minimum Gasteiger partial charge on any atom is -0.370 e. The highest BCUT2D eigenvalue weighted by Gasteiger charge is 2.34. The number of halogens is 3. The lowest BCUT2D eigenvalue weighted by molar-refractivity contribution is -0.143. The molecule has 2 N–H and O–H groups in total. The second-order valence-electron chi connectivity index (χ2n) is 5.70. The smallest absolute Gasteiger partial charge is 0.370 e. The molecular weight excluding hydrogens is 321 g/mol. The highest BCUT2D eigenvalue weighted by molar-refractivity contribution is 5.94. The van der Waals surface area contributed by atoms with Gasteiger partial charge in [0, 0.05) is 19.3 Å². The van der Waals surface area contributed by atoms with Crippen LogP contribution in [0.1, 0.15) is 16.8 Å². The standard InChI is InChI=1S/C16H19F3N4O/c1-2-6-20-15(24)13-3-4-14(22-9-13)21-8-12-5-7-23(10-12)11-16(17,18)19/h1,3-4,9,12H,5-8,10-11H2,(H,20,24)(H,21,22). The summed E-state index contributed by atoms with van der Waals surface area (Å²) in [5.74, 6) is 2.74. The average Bonchev–Trinajstić information content (AvgIpc) is 2.96. The fraction of sp³-hybridized carbons (Fsp3) is 0.500. The van der Waals surface area contributed by atoms with Crippen LogP contribution in [0.4, 0.5) is 19.0 Å². The van der Waals surface area contributed by atoms with Gasteiger partial charge in [-0.2, -0.15) is 13.2 Å². The Morgan fingerprint density at radius 2 is 2.25 bits per heavy atom. The molecule has 0 bridgehead atoms. The molecule has 1 saturated heterocycles. The van der Waals surface area contributed by atoms with Gasteiger partial charge in [-0.3, -0.25) is 9.69 Å². The molecule has 0 radical (unpaired) electrons. The van der Waals surface area contributed by atoms with E-state index in [4.69, 9.17) is 6.42 Å². The number of hydrogen-bond donors (Lipinski definition) is 2. The van der Waals surface area contributed by atoms with Crippen molar-refractivity contribution in [1.29, 1.82) is 0 Å². The largest absolute Gasteiger partial charge is 0.401 e. The number of anilines is 1. The van der Waals surface area contributed by atoms with E-state index in [1.807, 2.05) is 0 Å². The maximum atomic E-state index is 12.4. The highest BCUT2D eigenvalue weighted by atomic mass is 19.4. The quantitative estimate of drug-likeness (QED) is 0.775. The van der Waals surface area contributed by atoms with E-state index in [2.05, 4.69) is 21.5 Å². The van der Waals surface area contributed by atoms with E-state index in [0.29, 0.717) is 31.0 Å². The molecule has 5 nitrogen and oxygen atoms in total. The Morgan fingerprint density at radius 1 is 1.46 bits per heavy atom. The second-order valence-corrected chi connectivity index (χ2v) is 5.70. The van der Waals surface area contributed by atoms with Crippen LogP contribution in [0.3, 0.4) is 0 Å². The molecule has 0 saturated carbocycles. The number of likely N-dealkylation sites (tertiary alicyclic amines) is 1. The summed E-state index contributed by atoms with van der Waals surface area (Å²) in [6, 6.07) is 3.28. The van der Waals surface area contributed by atoms with Crippen LogP contribution in [0.25, 0.3) is 0 Å². The first-order valence-electron chi connectivity index (χ1n) is 7.58. The van der Waals surface area contributed by atoms with Crippen molar-refractivity contribution in [3.63, 3.8) is 0 Å². The van der Waals surface area contributed by atoms with Crippen LogP contribution in [0.15, 0.2) is 18.3 Å². The van der Waals surface area contributed by atoms with Gasteiger partial charge in [-0.25, -0.2) is 4.98 Å². The molecule has 2 heterocycles. The Bertz CT molecular complexity index is 595. The zero-order valence-electron chi connectivity index (χ0n) is 13.1. The molecule has 24 heavy (non-hydrogen) atoms. The van der Waals surface area contributed by atoms with Gasteiger partial charge in [0.1, 0.15) is 5.82 Å². The Hall–Kier alpha value is -2.27. The monoisotopic (exact) mass is 340 g/mol. The molecule has 1 aliphatic rings. The number of carbonyl (C=O) groups is 1. The van der Waals surface area contributed by atoms with Crippen LogP contribution < -0.4 is 10.6 Å². The fourth-order valence-electron chi connectivity index (χ4n) is 2.59. The predicted octanol–water partition coefficient (Wildman–Crippen LogP) is 1.74. The molecule has 1 atom stereocenters. The van der Waals surface area contributed by atoms with E-state index >= 15 is 0 Å². The Kier molecular flexibility index (Phi) is 6.04. The molecule has 130 valence electrons. The first kappa shape index (κ1) is 18.1. The molecular formula is C16H19F3N4O. The number of hydrogen-bond acceptors (Lipinski definition) is 4. The van der Waals surface area contributed by atoms with Gasteiger partial charge in [0.25, 0.3) is 5.91 Å². The van der Waals surface area contributed by atoms with Crippen LogP contribution in [0.5, 0.6) is 0 Å². The first-order valence-corrected chi connectivity index (χ1v) is 7.58. The van der Waals surface area contributed by atoms with Crippen LogP contribution in [-0.2, 0) is 0 Å². The molecule has 0 spiro atoms. The predicted molar refractivity (Wildman–Crippen MR) is 84.5 cm³/mol. The first-order chi connectivity index (χ1) is 11.4. The van der Waals surface area contributed by atoms with Gasteiger partial charge in [0.05, 0.1) is 18.7 Å². The molecule has 1 aromatic rings. The van der Waals surface area contributed by atoms with Crippen molar-refractivity contribution in [2.75, 3.05) is 38.0 Å². The minimum absolute atomic E-state index is 0.146. The van der Waals surface area contributed by atoms with E-state index in [0.717, 1.165) is 6.42 Å². The second kappa shape index (κ2) is 8.02. The summed E-state index contributed by atoms with van der Waals surface area (Å²) < 4.78 is 37.1. The summed E-state index contributed by atoms with van der Waals surface area (Å²) in [5.41, 5.74) is 0.396. The topological polar surface area (TPSA) is 57.3 Å². The zero-order valence-corrected chi connectivity index (χ0v) is 13.1. The molecule has 8 heteroatoms. The number of carbonyl (C=O) groups excluding carboxylic acids is 1. The van der Waals surface area contributed by atoms with E-state index in [1.165, 1.54) is 11.1 Å². The van der Waals surface area contributed by atoms with E-state index in [9.17, 15) is 18.0 Å². The number of amides is 1. The summed E-state index contributed by atoms with van der Waals surface area (Å²) in [6.07, 6.45) is 3.06. The van der Waals surface area contributed by atoms with Crippen LogP contribution in [0.2, 0.25) is 0 Å². The number of nitrogens with zero attached hydrogens (tertiary/aromatic N) is 2. The summed E-state index contributed by atoms with van der Waals surface area (Å²) >= 11 is 0. The summed E-state index contributed by atoms with van der Waals surface area (Å²) in [6.45, 7) is 0.703. The Labute approximate surface area is 138 Å². The van der Waals surface area contributed by atoms with Gasteiger partial charge in [-0.1, -0.05) is 5.92 Å². The van der Waals surface area contributed by atoms with Crippen molar-refractivity contribution in [3.8, 4) is 12.3 Å². The van der Waals surface area contributed by atoms with Crippen molar-refractivity contribution >= 4 is 11.7 Å². The normalized spacial score (nSPS) is 18.2. The SMILES string of the molecule is C#CCNC(=O)c1ccc(NCC2CCN(CC(F)(F)F)C2)nc1. The molecule has 1 fully saturated rings. The Balaban J connectivity index is 1.77. The summed E-state index contributed by atoms with van der Waals surface area (Å²) in [4.78, 5) is 17.2. The highest BCUT2D eigenvalue weighted by Crippen LogP contribution is 2.23. The van der Waals surface area contributed by atoms with Gasteiger partial charge in [0.15, 0.2) is 0 Å². The number of nitrogens with one attached hydrogen (secondary N) is 2. The number of terminal acetylenes is 1. The molecule has 1 aliphatic heterocycles. The summed E-state index contributed by atoms with van der Waals surface area (Å²) in [5, 5.41) is 5.63. The van der Waals surface area contributed by atoms with Crippen LogP contribution >= 0.6 is 0 Å². The Morgan fingerprint density at radius 3 is 2.88 bits per heavy atom. The maximum absolute atomic E-state index is 12.4. The number of pyridine rings is 1. The lowest BCUT2D eigenvalue weighted by Gasteiger charge is -2.18. The van der Waals surface area contributed by atoms with Gasteiger partial charge in [-0.05, 0) is 31.0 Å². The van der Waals surface area contributed by atoms with Crippen molar-refractivity contribution in [3.05, 3.63) is 23.9 Å². The van der Waals surface area contributed by atoms with Gasteiger partial charge < -0.3 is 10.6 Å². The summed E-state index contributed by atoms with van der Waals surface area (Å²) in [7, 11) is 0. The molecule has 1 unspecified atom stereocenters. The number of alkyl halides is 3. The molecule has 1 aromatic heterocycles. The maximum Gasteiger partial charge on any atom is 0.401 e. The van der Waals surface area contributed by atoms with Crippen molar-refractivity contribution in [1.82, 2.24) is 15.2 Å². The lowest BCUT2D eigenvalue weighted by atomic mass is 10.1. The third-order valence-corrected chi connectivity index (χ3v) is 3.72. The molecule has 2 rings (SSSR count). The van der Waals surface area contributed by atoms with Crippen LogP contribution in [-0.4, -0.2) is 54.7 Å². The van der Waals surface area contributed by atoms with E-state index in [-0.39, 0.29) is 18.4 Å². The molecule has 1 amide bonds. The minimum atomic E-state index is -4.15. The van der Waals surface area contributed by atoms with Gasteiger partial charge in [0.2, 0.25) is 0 Å². The van der Waals surface area contributed by atoms with Crippen molar-refractivity contribution < 1.29 is 18.0 Å². The third-order valence-electron chi connectivity index (χ3n) is 3.72.